The van der Waals surface area contributed by atoms with Crippen LogP contribution >= 0.6 is 11.6 Å². The zero-order chi connectivity index (χ0) is 9.07. The smallest absolute Gasteiger partial charge is 0.0589 e. The Morgan fingerprint density at radius 1 is 1.27 bits per heavy atom. The minimum absolute atomic E-state index is 0.00816. The van der Waals surface area contributed by atoms with Crippen molar-refractivity contribution in [2.75, 3.05) is 0 Å². The van der Waals surface area contributed by atoms with Crippen LogP contribution in [0.4, 0.5) is 0 Å². The maximum absolute atomic E-state index is 9.58. The van der Waals surface area contributed by atoms with E-state index in [1.807, 2.05) is 27.7 Å². The van der Waals surface area contributed by atoms with E-state index in [2.05, 4.69) is 0 Å². The third-order valence-corrected chi connectivity index (χ3v) is 2.06. The Kier molecular flexibility index (Phi) is 4.42. The number of aliphatic hydroxyl groups is 1. The molecule has 2 atom stereocenters. The molecule has 0 saturated carbocycles. The number of rotatable bonds is 3. The molecule has 0 radical (unpaired) electrons. The van der Waals surface area contributed by atoms with Crippen molar-refractivity contribution in [3.05, 3.63) is 0 Å². The molecule has 0 aliphatic rings. The van der Waals surface area contributed by atoms with Gasteiger partial charge in [0.15, 0.2) is 0 Å². The molecule has 0 saturated heterocycles. The second kappa shape index (κ2) is 4.32. The highest BCUT2D eigenvalue weighted by atomic mass is 35.5. The van der Waals surface area contributed by atoms with Gasteiger partial charge in [-0.3, -0.25) is 0 Å². The minimum Gasteiger partial charge on any atom is -0.393 e. The molecule has 11 heavy (non-hydrogen) atoms. The fourth-order valence-corrected chi connectivity index (χ4v) is 0.947. The van der Waals surface area contributed by atoms with E-state index in [0.29, 0.717) is 0 Å². The van der Waals surface area contributed by atoms with Gasteiger partial charge in [-0.05, 0) is 25.2 Å². The first kappa shape index (κ1) is 11.2. The average Bonchev–Trinajstić information content (AvgIpc) is 1.80. The third kappa shape index (κ3) is 5.51. The first-order valence-corrected chi connectivity index (χ1v) is 4.60. The van der Waals surface area contributed by atoms with E-state index in [1.54, 1.807) is 0 Å². The van der Waals surface area contributed by atoms with E-state index in [9.17, 15) is 5.11 Å². The molecule has 1 nitrogen and oxygen atoms in total. The molecule has 1 N–H and O–H groups in total. The van der Waals surface area contributed by atoms with Crippen molar-refractivity contribution in [3.8, 4) is 0 Å². The van der Waals surface area contributed by atoms with Crippen molar-refractivity contribution in [3.63, 3.8) is 0 Å². The van der Waals surface area contributed by atoms with Gasteiger partial charge in [-0.15, -0.1) is 11.6 Å². The number of hydrogen-bond acceptors (Lipinski definition) is 1. The van der Waals surface area contributed by atoms with Gasteiger partial charge in [-0.2, -0.15) is 0 Å². The predicted octanol–water partition coefficient (Wildman–Crippen LogP) is 2.80. The van der Waals surface area contributed by atoms with Gasteiger partial charge < -0.3 is 5.11 Å². The van der Waals surface area contributed by atoms with Crippen LogP contribution in [0.3, 0.4) is 0 Å². The van der Waals surface area contributed by atoms with Gasteiger partial charge in [-0.25, -0.2) is 0 Å². The quantitative estimate of drug-likeness (QED) is 0.659. The average molecular weight is 179 g/mol. The Balaban J connectivity index is 3.61. The van der Waals surface area contributed by atoms with Crippen LogP contribution in [0.5, 0.6) is 0 Å². The highest BCUT2D eigenvalue weighted by Gasteiger charge is 2.21. The van der Waals surface area contributed by atoms with Crippen molar-refractivity contribution in [1.29, 1.82) is 0 Å². The van der Waals surface area contributed by atoms with E-state index >= 15 is 0 Å². The number of halogens is 1. The fraction of sp³-hybridized carbons (Fsp3) is 1.00. The summed E-state index contributed by atoms with van der Waals surface area (Å²) < 4.78 is 0. The summed E-state index contributed by atoms with van der Waals surface area (Å²) in [5.74, 6) is 0. The first-order chi connectivity index (χ1) is 4.84. The van der Waals surface area contributed by atoms with Gasteiger partial charge in [0, 0.05) is 5.38 Å². The van der Waals surface area contributed by atoms with Gasteiger partial charge in [0.1, 0.15) is 0 Å². The summed E-state index contributed by atoms with van der Waals surface area (Å²) in [5.41, 5.74) is -0.00816. The Hall–Kier alpha value is 0.250. The summed E-state index contributed by atoms with van der Waals surface area (Å²) in [6.45, 7) is 8.07. The molecule has 0 fully saturated rings. The molecule has 68 valence electrons. The zero-order valence-electron chi connectivity index (χ0n) is 7.89. The van der Waals surface area contributed by atoms with Crippen LogP contribution in [-0.4, -0.2) is 16.6 Å². The van der Waals surface area contributed by atoms with Gasteiger partial charge in [-0.1, -0.05) is 20.8 Å². The van der Waals surface area contributed by atoms with Crippen molar-refractivity contribution >= 4 is 11.6 Å². The van der Waals surface area contributed by atoms with E-state index in [1.165, 1.54) is 0 Å². The minimum atomic E-state index is -0.233. The highest BCUT2D eigenvalue weighted by Crippen LogP contribution is 2.23. The molecule has 0 bridgehead atoms. The molecule has 2 heteroatoms. The molecule has 0 rings (SSSR count). The normalized spacial score (nSPS) is 18.0. The van der Waals surface area contributed by atoms with Crippen molar-refractivity contribution in [2.24, 2.45) is 5.41 Å². The Labute approximate surface area is 74.8 Å². The van der Waals surface area contributed by atoms with Crippen LogP contribution in [0.2, 0.25) is 0 Å². The van der Waals surface area contributed by atoms with Gasteiger partial charge in [0.25, 0.3) is 0 Å². The van der Waals surface area contributed by atoms with Gasteiger partial charge in [0.05, 0.1) is 6.10 Å². The molecule has 2 unspecified atom stereocenters. The van der Waals surface area contributed by atoms with Crippen LogP contribution in [0, 0.1) is 5.41 Å². The molecular weight excluding hydrogens is 160 g/mol. The molecule has 0 spiro atoms. The molecular formula is C9H19ClO. The van der Waals surface area contributed by atoms with Crippen LogP contribution in [0.25, 0.3) is 0 Å². The Bertz CT molecular complexity index is 105. The summed E-state index contributed by atoms with van der Waals surface area (Å²) in [6.07, 6.45) is 1.46. The maximum atomic E-state index is 9.58. The number of aliphatic hydroxyl groups excluding tert-OH is 1. The lowest BCUT2D eigenvalue weighted by atomic mass is 9.86. The van der Waals surface area contributed by atoms with Crippen molar-refractivity contribution in [1.82, 2.24) is 0 Å². The fourth-order valence-electron chi connectivity index (χ4n) is 0.821. The van der Waals surface area contributed by atoms with Crippen LogP contribution < -0.4 is 0 Å². The SMILES string of the molecule is CC(Cl)CCC(O)C(C)(C)C. The summed E-state index contributed by atoms with van der Waals surface area (Å²) >= 11 is 5.76. The summed E-state index contributed by atoms with van der Waals surface area (Å²) in [4.78, 5) is 0. The monoisotopic (exact) mass is 178 g/mol. The predicted molar refractivity (Wildman–Crippen MR) is 50.0 cm³/mol. The molecule has 0 aromatic rings. The molecule has 0 aromatic heterocycles. The molecule has 0 aliphatic carbocycles. The van der Waals surface area contributed by atoms with Crippen LogP contribution in [0.15, 0.2) is 0 Å². The van der Waals surface area contributed by atoms with E-state index in [-0.39, 0.29) is 16.9 Å². The molecule has 0 aromatic carbocycles. The molecule has 0 heterocycles. The number of hydrogen-bond donors (Lipinski definition) is 1. The standard InChI is InChI=1S/C9H19ClO/c1-7(10)5-6-8(11)9(2,3)4/h7-8,11H,5-6H2,1-4H3. The maximum Gasteiger partial charge on any atom is 0.0589 e. The third-order valence-electron chi connectivity index (χ3n) is 1.84. The number of alkyl halides is 1. The second-order valence-corrected chi connectivity index (χ2v) is 4.98. The summed E-state index contributed by atoms with van der Waals surface area (Å²) in [7, 11) is 0. The van der Waals surface area contributed by atoms with Crippen LogP contribution in [0.1, 0.15) is 40.5 Å². The summed E-state index contributed by atoms with van der Waals surface area (Å²) in [5, 5.41) is 9.75. The first-order valence-electron chi connectivity index (χ1n) is 4.16. The largest absolute Gasteiger partial charge is 0.393 e. The van der Waals surface area contributed by atoms with Crippen molar-refractivity contribution in [2.45, 2.75) is 52.0 Å². The lowest BCUT2D eigenvalue weighted by molar-refractivity contribution is 0.0540. The topological polar surface area (TPSA) is 20.2 Å². The van der Waals surface area contributed by atoms with E-state index in [0.717, 1.165) is 12.8 Å². The molecule has 0 aliphatic heterocycles. The highest BCUT2D eigenvalue weighted by molar-refractivity contribution is 6.20. The Morgan fingerprint density at radius 3 is 2.00 bits per heavy atom. The van der Waals surface area contributed by atoms with Crippen molar-refractivity contribution < 1.29 is 5.11 Å². The second-order valence-electron chi connectivity index (χ2n) is 4.24. The van der Waals surface area contributed by atoms with E-state index < -0.39 is 0 Å². The zero-order valence-corrected chi connectivity index (χ0v) is 8.65. The van der Waals surface area contributed by atoms with Gasteiger partial charge >= 0.3 is 0 Å². The van der Waals surface area contributed by atoms with E-state index in [4.69, 9.17) is 11.6 Å². The van der Waals surface area contributed by atoms with Gasteiger partial charge in [0.2, 0.25) is 0 Å². The lowest BCUT2D eigenvalue weighted by Crippen LogP contribution is -2.26. The molecule has 0 amide bonds. The van der Waals surface area contributed by atoms with Crippen LogP contribution in [-0.2, 0) is 0 Å². The Morgan fingerprint density at radius 2 is 1.73 bits per heavy atom. The lowest BCUT2D eigenvalue weighted by Gasteiger charge is -2.25. The summed E-state index contributed by atoms with van der Waals surface area (Å²) in [6, 6.07) is 0.